The number of carbonyl (C=O) groups excluding carboxylic acids is 2. The number of nitrogens with one attached hydrogen (secondary N) is 2. The number of ether oxygens (including phenoxy) is 2. The Morgan fingerprint density at radius 1 is 1.06 bits per heavy atom. The minimum Gasteiger partial charge on any atom is -0.484 e. The third-order valence-electron chi connectivity index (χ3n) is 5.63. The number of carbonyl (C=O) groups is 2. The predicted molar refractivity (Wildman–Crippen MR) is 105 cm³/mol. The van der Waals surface area contributed by atoms with Gasteiger partial charge in [0.05, 0.1) is 11.6 Å². The third kappa shape index (κ3) is 4.71. The van der Waals surface area contributed by atoms with E-state index in [1.807, 2.05) is 0 Å². The highest BCUT2D eigenvalue weighted by Crippen LogP contribution is 2.67. The highest BCUT2D eigenvalue weighted by atomic mass is 35.5. The normalized spacial score (nSPS) is 23.2. The minimum atomic E-state index is -1.05. The summed E-state index contributed by atoms with van der Waals surface area (Å²) in [7, 11) is 0. The van der Waals surface area contributed by atoms with Gasteiger partial charge >= 0.3 is 6.09 Å². The van der Waals surface area contributed by atoms with Crippen LogP contribution in [0.15, 0.2) is 36.4 Å². The smallest absolute Gasteiger partial charge is 0.411 e. The van der Waals surface area contributed by atoms with Gasteiger partial charge < -0.3 is 14.8 Å². The molecule has 4 rings (SSSR count). The molecular weight excluding hydrogens is 437 g/mol. The van der Waals surface area contributed by atoms with Crippen molar-refractivity contribution in [3.63, 3.8) is 0 Å². The summed E-state index contributed by atoms with van der Waals surface area (Å²) in [4.78, 5) is 23.9. The molecule has 2 aliphatic carbocycles. The van der Waals surface area contributed by atoms with Crippen molar-refractivity contribution in [3.05, 3.63) is 58.9 Å². The van der Waals surface area contributed by atoms with Crippen molar-refractivity contribution in [1.82, 2.24) is 5.32 Å². The van der Waals surface area contributed by atoms with Crippen LogP contribution < -0.4 is 15.4 Å². The fraction of sp³-hybridized carbons (Fsp3) is 0.333. The second-order valence-electron chi connectivity index (χ2n) is 7.75. The summed E-state index contributed by atoms with van der Waals surface area (Å²) in [6, 6.07) is 6.87. The third-order valence-corrected chi connectivity index (χ3v) is 5.94. The molecule has 2 saturated carbocycles. The summed E-state index contributed by atoms with van der Waals surface area (Å²) in [6.45, 7) is -0.130. The zero-order valence-electron chi connectivity index (χ0n) is 16.1. The molecule has 0 spiro atoms. The summed E-state index contributed by atoms with van der Waals surface area (Å²) in [5.74, 6) is -2.81. The summed E-state index contributed by atoms with van der Waals surface area (Å²) in [5.41, 5.74) is 0.0816. The van der Waals surface area contributed by atoms with Crippen molar-refractivity contribution in [2.24, 2.45) is 11.3 Å². The summed E-state index contributed by atoms with van der Waals surface area (Å²) >= 11 is 5.60. The zero-order chi connectivity index (χ0) is 22.2. The lowest BCUT2D eigenvalue weighted by Gasteiger charge is -2.34. The number of benzene rings is 2. The number of fused-ring (bicyclic) bond motifs is 1. The van der Waals surface area contributed by atoms with E-state index in [0.29, 0.717) is 6.42 Å². The van der Waals surface area contributed by atoms with E-state index < -0.39 is 23.5 Å². The average Bonchev–Trinajstić information content (AvgIpc) is 3.33. The van der Waals surface area contributed by atoms with Gasteiger partial charge in [-0.2, -0.15) is 0 Å². The Labute approximate surface area is 180 Å². The van der Waals surface area contributed by atoms with E-state index in [2.05, 4.69) is 10.6 Å². The van der Waals surface area contributed by atoms with Crippen molar-refractivity contribution in [2.75, 3.05) is 18.5 Å². The molecule has 2 aliphatic rings. The molecule has 2 unspecified atom stereocenters. The minimum absolute atomic E-state index is 0.0450. The van der Waals surface area contributed by atoms with Crippen molar-refractivity contribution in [3.8, 4) is 5.75 Å². The molecule has 0 heterocycles. The largest absolute Gasteiger partial charge is 0.484 e. The molecule has 2 aromatic carbocycles. The summed E-state index contributed by atoms with van der Waals surface area (Å²) in [5, 5.41) is 5.22. The van der Waals surface area contributed by atoms with Crippen LogP contribution in [0.4, 0.5) is 23.7 Å². The Balaban J connectivity index is 1.16. The van der Waals surface area contributed by atoms with Gasteiger partial charge in [-0.25, -0.2) is 18.0 Å². The van der Waals surface area contributed by atoms with Gasteiger partial charge in [-0.05, 0) is 49.1 Å². The fourth-order valence-corrected chi connectivity index (χ4v) is 4.00. The van der Waals surface area contributed by atoms with Crippen LogP contribution >= 0.6 is 11.6 Å². The van der Waals surface area contributed by atoms with Crippen molar-refractivity contribution in [1.29, 1.82) is 0 Å². The van der Waals surface area contributed by atoms with Gasteiger partial charge in [0.2, 0.25) is 0 Å². The molecule has 10 heteroatoms. The number of amides is 2. The molecule has 0 bridgehead atoms. The quantitative estimate of drug-likeness (QED) is 0.654. The molecule has 3 atom stereocenters. The predicted octanol–water partition coefficient (Wildman–Crippen LogP) is 4.28. The van der Waals surface area contributed by atoms with Crippen molar-refractivity contribution in [2.45, 2.75) is 18.9 Å². The molecule has 31 heavy (non-hydrogen) atoms. The van der Waals surface area contributed by atoms with Crippen LogP contribution in [0.5, 0.6) is 5.75 Å². The van der Waals surface area contributed by atoms with E-state index in [-0.39, 0.29) is 53.0 Å². The highest BCUT2D eigenvalue weighted by molar-refractivity contribution is 6.30. The molecule has 0 aliphatic heterocycles. The fourth-order valence-electron chi connectivity index (χ4n) is 3.88. The molecule has 0 radical (unpaired) electrons. The van der Waals surface area contributed by atoms with Gasteiger partial charge in [0.25, 0.3) is 5.91 Å². The van der Waals surface area contributed by atoms with Crippen LogP contribution in [0.3, 0.4) is 0 Å². The highest BCUT2D eigenvalue weighted by Gasteiger charge is 2.68. The number of hydrogen-bond donors (Lipinski definition) is 2. The monoisotopic (exact) mass is 454 g/mol. The van der Waals surface area contributed by atoms with Crippen molar-refractivity contribution >= 4 is 29.3 Å². The summed E-state index contributed by atoms with van der Waals surface area (Å²) < 4.78 is 49.8. The molecule has 2 fully saturated rings. The lowest BCUT2D eigenvalue weighted by molar-refractivity contribution is -0.125. The van der Waals surface area contributed by atoms with Crippen LogP contribution in [-0.2, 0) is 9.53 Å². The van der Waals surface area contributed by atoms with E-state index in [1.165, 1.54) is 18.2 Å². The Morgan fingerprint density at radius 3 is 2.58 bits per heavy atom. The average molecular weight is 455 g/mol. The van der Waals surface area contributed by atoms with E-state index >= 15 is 0 Å². The molecule has 6 nitrogen and oxygen atoms in total. The molecule has 2 amide bonds. The van der Waals surface area contributed by atoms with Gasteiger partial charge in [-0.1, -0.05) is 11.6 Å². The maximum absolute atomic E-state index is 13.4. The van der Waals surface area contributed by atoms with Gasteiger partial charge in [0.1, 0.15) is 11.6 Å². The maximum atomic E-state index is 13.4. The van der Waals surface area contributed by atoms with E-state index in [4.69, 9.17) is 21.1 Å². The van der Waals surface area contributed by atoms with Gasteiger partial charge in [0, 0.05) is 23.2 Å². The zero-order valence-corrected chi connectivity index (χ0v) is 16.8. The molecular formula is C21H18ClF3N2O4. The van der Waals surface area contributed by atoms with Gasteiger partial charge in [-0.3, -0.25) is 10.1 Å². The van der Waals surface area contributed by atoms with E-state index in [0.717, 1.165) is 24.6 Å². The summed E-state index contributed by atoms with van der Waals surface area (Å²) in [6.07, 6.45) is 0.761. The molecule has 2 aromatic rings. The maximum Gasteiger partial charge on any atom is 0.411 e. The number of anilines is 1. The first-order valence-corrected chi connectivity index (χ1v) is 9.90. The van der Waals surface area contributed by atoms with Crippen LogP contribution in [0.25, 0.3) is 0 Å². The Morgan fingerprint density at radius 2 is 1.87 bits per heavy atom. The molecule has 2 N–H and O–H groups in total. The first-order valence-electron chi connectivity index (χ1n) is 9.52. The lowest BCUT2D eigenvalue weighted by Crippen LogP contribution is -2.48. The Kier molecular flexibility index (Phi) is 5.70. The molecule has 164 valence electrons. The van der Waals surface area contributed by atoms with Crippen LogP contribution in [0.2, 0.25) is 5.02 Å². The number of rotatable bonds is 7. The molecule has 0 aromatic heterocycles. The first-order chi connectivity index (χ1) is 14.8. The standard InChI is InChI=1S/C21H18ClF3N2O4/c22-14-3-1-11(5-16(14)24)26-20(29)31-10-21-7-13(21)18(8-21)27-19(28)9-30-12-2-4-15(23)17(25)6-12/h1-6,13,18H,7-10H2,(H,26,29)(H,27,28)/t13?,18-,21?/m0/s1. The van der Waals surface area contributed by atoms with E-state index in [9.17, 15) is 22.8 Å². The number of hydrogen-bond acceptors (Lipinski definition) is 4. The van der Waals surface area contributed by atoms with Gasteiger partial charge in [-0.15, -0.1) is 0 Å². The number of halogens is 4. The van der Waals surface area contributed by atoms with Crippen LogP contribution in [-0.4, -0.2) is 31.3 Å². The van der Waals surface area contributed by atoms with Gasteiger partial charge in [0.15, 0.2) is 18.2 Å². The second kappa shape index (κ2) is 8.30. The first kappa shape index (κ1) is 21.3. The lowest BCUT2D eigenvalue weighted by atomic mass is 9.80. The van der Waals surface area contributed by atoms with E-state index in [1.54, 1.807) is 0 Å². The van der Waals surface area contributed by atoms with Crippen LogP contribution in [0, 0.1) is 28.8 Å². The topological polar surface area (TPSA) is 76.7 Å². The SMILES string of the molecule is O=C(COc1ccc(F)c(F)c1)N[C@H]1CC2(COC(=O)Nc3ccc(Cl)c(F)c3)CC12. The molecule has 0 saturated heterocycles. The Bertz CT molecular complexity index is 1040. The van der Waals surface area contributed by atoms with Crippen LogP contribution in [0.1, 0.15) is 12.8 Å². The second-order valence-corrected chi connectivity index (χ2v) is 8.15. The Hall–Kier alpha value is -2.94. The van der Waals surface area contributed by atoms with Crippen molar-refractivity contribution < 1.29 is 32.2 Å².